The van der Waals surface area contributed by atoms with E-state index in [4.69, 9.17) is 11.6 Å². The van der Waals surface area contributed by atoms with Crippen LogP contribution in [0.1, 0.15) is 21.5 Å². The van der Waals surface area contributed by atoms with E-state index in [0.717, 1.165) is 11.1 Å². The van der Waals surface area contributed by atoms with Crippen molar-refractivity contribution in [1.82, 2.24) is 0 Å². The molecule has 0 saturated heterocycles. The monoisotopic (exact) mass is 366 g/mol. The van der Waals surface area contributed by atoms with Crippen LogP contribution in [-0.2, 0) is 6.42 Å². The van der Waals surface area contributed by atoms with E-state index in [1.165, 1.54) is 18.2 Å². The summed E-state index contributed by atoms with van der Waals surface area (Å²) in [5.74, 6) is -0.412. The van der Waals surface area contributed by atoms with Crippen LogP contribution in [0.2, 0.25) is 5.02 Å². The zero-order chi connectivity index (χ0) is 18.5. The first-order chi connectivity index (χ1) is 12.5. The van der Waals surface area contributed by atoms with Crippen molar-refractivity contribution >= 4 is 28.9 Å². The fourth-order valence-corrected chi connectivity index (χ4v) is 2.86. The number of benzene rings is 3. The third kappa shape index (κ3) is 4.07. The Morgan fingerprint density at radius 3 is 2.38 bits per heavy atom. The third-order valence-corrected chi connectivity index (χ3v) is 4.22. The van der Waals surface area contributed by atoms with Crippen molar-refractivity contribution in [2.24, 2.45) is 0 Å². The fraction of sp³-hybridized carbons (Fsp3) is 0.0500. The van der Waals surface area contributed by atoms with Crippen LogP contribution < -0.4 is 5.32 Å². The maximum atomic E-state index is 12.6. The van der Waals surface area contributed by atoms with E-state index in [2.05, 4.69) is 5.32 Å². The molecule has 0 aliphatic heterocycles. The number of nitro groups is 1. The molecule has 0 aromatic heterocycles. The van der Waals surface area contributed by atoms with E-state index >= 15 is 0 Å². The van der Waals surface area contributed by atoms with Crippen LogP contribution >= 0.6 is 11.6 Å². The highest BCUT2D eigenvalue weighted by Crippen LogP contribution is 2.25. The molecule has 0 aliphatic carbocycles. The Morgan fingerprint density at radius 2 is 1.69 bits per heavy atom. The highest BCUT2D eigenvalue weighted by molar-refractivity contribution is 6.34. The number of hydrogen-bond acceptors (Lipinski definition) is 3. The number of nitrogens with one attached hydrogen (secondary N) is 1. The maximum Gasteiger partial charge on any atom is 0.270 e. The molecule has 0 saturated carbocycles. The van der Waals surface area contributed by atoms with E-state index < -0.39 is 10.8 Å². The van der Waals surface area contributed by atoms with Gasteiger partial charge in [-0.15, -0.1) is 0 Å². The first kappa shape index (κ1) is 17.6. The first-order valence-corrected chi connectivity index (χ1v) is 8.29. The lowest BCUT2D eigenvalue weighted by molar-refractivity contribution is -0.384. The Hall–Kier alpha value is -3.18. The number of nitrogens with zero attached hydrogens (tertiary/aromatic N) is 1. The number of amides is 1. The highest BCUT2D eigenvalue weighted by atomic mass is 35.5. The Morgan fingerprint density at radius 1 is 1.00 bits per heavy atom. The van der Waals surface area contributed by atoms with Gasteiger partial charge in [0.05, 0.1) is 15.5 Å². The Kier molecular flexibility index (Phi) is 5.29. The molecule has 0 aliphatic rings. The molecule has 0 bridgehead atoms. The number of halogens is 1. The lowest BCUT2D eigenvalue weighted by Gasteiger charge is -2.12. The highest BCUT2D eigenvalue weighted by Gasteiger charge is 2.16. The van der Waals surface area contributed by atoms with Crippen LogP contribution in [0.25, 0.3) is 0 Å². The summed E-state index contributed by atoms with van der Waals surface area (Å²) < 4.78 is 0. The zero-order valence-electron chi connectivity index (χ0n) is 13.7. The summed E-state index contributed by atoms with van der Waals surface area (Å²) in [7, 11) is 0. The molecule has 0 atom stereocenters. The van der Waals surface area contributed by atoms with Gasteiger partial charge in [0.25, 0.3) is 11.6 Å². The normalized spacial score (nSPS) is 10.3. The number of carbonyl (C=O) groups excluding carboxylic acids is 1. The molecule has 3 rings (SSSR count). The number of anilines is 1. The number of non-ortho nitro benzene ring substituents is 1. The van der Waals surface area contributed by atoms with Gasteiger partial charge >= 0.3 is 0 Å². The van der Waals surface area contributed by atoms with E-state index in [-0.39, 0.29) is 16.3 Å². The van der Waals surface area contributed by atoms with Crippen molar-refractivity contribution in [2.75, 3.05) is 5.32 Å². The quantitative estimate of drug-likeness (QED) is 0.505. The summed E-state index contributed by atoms with van der Waals surface area (Å²) in [5.41, 5.74) is 2.80. The van der Waals surface area contributed by atoms with Crippen LogP contribution in [-0.4, -0.2) is 10.8 Å². The Labute approximate surface area is 155 Å². The summed E-state index contributed by atoms with van der Waals surface area (Å²) in [5, 5.41) is 13.7. The van der Waals surface area contributed by atoms with Crippen LogP contribution in [0.4, 0.5) is 11.4 Å². The van der Waals surface area contributed by atoms with Gasteiger partial charge in [-0.3, -0.25) is 14.9 Å². The second kappa shape index (κ2) is 7.80. The van der Waals surface area contributed by atoms with Crippen molar-refractivity contribution in [3.63, 3.8) is 0 Å². The number of carbonyl (C=O) groups is 1. The summed E-state index contributed by atoms with van der Waals surface area (Å²) in [6, 6.07) is 21.2. The topological polar surface area (TPSA) is 72.2 Å². The van der Waals surface area contributed by atoms with Crippen molar-refractivity contribution in [3.05, 3.63) is 105 Å². The molecule has 0 heterocycles. The van der Waals surface area contributed by atoms with Crippen LogP contribution in [0, 0.1) is 10.1 Å². The molecule has 0 radical (unpaired) electrons. The molecular weight excluding hydrogens is 352 g/mol. The van der Waals surface area contributed by atoms with E-state index in [0.29, 0.717) is 12.1 Å². The van der Waals surface area contributed by atoms with Crippen molar-refractivity contribution in [2.45, 2.75) is 6.42 Å². The molecule has 0 unspecified atom stereocenters. The average Bonchev–Trinajstić information content (AvgIpc) is 2.64. The third-order valence-electron chi connectivity index (χ3n) is 3.91. The van der Waals surface area contributed by atoms with Gasteiger partial charge in [0.2, 0.25) is 0 Å². The Balaban J connectivity index is 1.83. The smallest absolute Gasteiger partial charge is 0.270 e. The molecule has 0 fully saturated rings. The van der Waals surface area contributed by atoms with Crippen molar-refractivity contribution < 1.29 is 9.72 Å². The molecular formula is C20H15ClN2O3. The Bertz CT molecular complexity index is 958. The van der Waals surface area contributed by atoms with Gasteiger partial charge in [-0.05, 0) is 29.7 Å². The first-order valence-electron chi connectivity index (χ1n) is 7.92. The van der Waals surface area contributed by atoms with Gasteiger partial charge in [0, 0.05) is 17.8 Å². The number of hydrogen-bond donors (Lipinski definition) is 1. The molecule has 5 nitrogen and oxygen atoms in total. The van der Waals surface area contributed by atoms with E-state index in [1.807, 2.05) is 54.6 Å². The lowest BCUT2D eigenvalue weighted by atomic mass is 10.0. The number of rotatable bonds is 5. The van der Waals surface area contributed by atoms with Gasteiger partial charge in [0.15, 0.2) is 0 Å². The van der Waals surface area contributed by atoms with Gasteiger partial charge < -0.3 is 5.32 Å². The predicted molar refractivity (Wildman–Crippen MR) is 102 cm³/mol. The van der Waals surface area contributed by atoms with Crippen molar-refractivity contribution in [1.29, 1.82) is 0 Å². The van der Waals surface area contributed by atoms with Gasteiger partial charge in [-0.1, -0.05) is 60.1 Å². The minimum Gasteiger partial charge on any atom is -0.322 e. The van der Waals surface area contributed by atoms with Gasteiger partial charge in [-0.2, -0.15) is 0 Å². The molecule has 3 aromatic rings. The largest absolute Gasteiger partial charge is 0.322 e. The summed E-state index contributed by atoms with van der Waals surface area (Å²) in [4.78, 5) is 22.8. The number of para-hydroxylation sites is 1. The van der Waals surface area contributed by atoms with Gasteiger partial charge in [-0.25, -0.2) is 0 Å². The molecule has 26 heavy (non-hydrogen) atoms. The van der Waals surface area contributed by atoms with Crippen molar-refractivity contribution in [3.8, 4) is 0 Å². The van der Waals surface area contributed by atoms with Crippen LogP contribution in [0.15, 0.2) is 72.8 Å². The lowest BCUT2D eigenvalue weighted by Crippen LogP contribution is -2.14. The minimum atomic E-state index is -0.553. The average molecular weight is 367 g/mol. The second-order valence-electron chi connectivity index (χ2n) is 5.69. The molecule has 3 aromatic carbocycles. The zero-order valence-corrected chi connectivity index (χ0v) is 14.4. The van der Waals surface area contributed by atoms with Crippen LogP contribution in [0.5, 0.6) is 0 Å². The van der Waals surface area contributed by atoms with E-state index in [9.17, 15) is 14.9 Å². The summed E-state index contributed by atoms with van der Waals surface area (Å²) in [6.07, 6.45) is 0.672. The standard InChI is InChI=1S/C20H15ClN2O3/c21-18-13-16(23(25)26)10-11-17(18)20(24)22-19-9-5-4-8-15(19)12-14-6-2-1-3-7-14/h1-11,13H,12H2,(H,22,24). The van der Waals surface area contributed by atoms with Gasteiger partial charge in [0.1, 0.15) is 0 Å². The maximum absolute atomic E-state index is 12.6. The molecule has 1 amide bonds. The minimum absolute atomic E-state index is 0.0391. The molecule has 6 heteroatoms. The molecule has 0 spiro atoms. The predicted octanol–water partition coefficient (Wildman–Crippen LogP) is 5.09. The fourth-order valence-electron chi connectivity index (χ4n) is 2.60. The summed E-state index contributed by atoms with van der Waals surface area (Å²) >= 11 is 6.04. The summed E-state index contributed by atoms with van der Waals surface area (Å²) in [6.45, 7) is 0. The molecule has 1 N–H and O–H groups in total. The number of nitro benzene ring substituents is 1. The SMILES string of the molecule is O=C(Nc1ccccc1Cc1ccccc1)c1ccc([N+](=O)[O-])cc1Cl. The second-order valence-corrected chi connectivity index (χ2v) is 6.10. The molecule has 130 valence electrons. The van der Waals surface area contributed by atoms with Crippen LogP contribution in [0.3, 0.4) is 0 Å². The van der Waals surface area contributed by atoms with E-state index in [1.54, 1.807) is 0 Å².